The predicted molar refractivity (Wildman–Crippen MR) is 126 cm³/mol. The van der Waals surface area contributed by atoms with Crippen molar-refractivity contribution in [2.75, 3.05) is 60.0 Å². The normalized spacial score (nSPS) is 19.2. The zero-order valence-electron chi connectivity index (χ0n) is 19.9. The van der Waals surface area contributed by atoms with Crippen LogP contribution < -0.4 is 9.47 Å². The van der Waals surface area contributed by atoms with Gasteiger partial charge in [-0.1, -0.05) is 0 Å². The van der Waals surface area contributed by atoms with Gasteiger partial charge >= 0.3 is 0 Å². The number of rotatable bonds is 7. The number of allylic oxidation sites excluding steroid dienone is 1. The Labute approximate surface area is 191 Å². The van der Waals surface area contributed by atoms with Gasteiger partial charge in [-0.2, -0.15) is 0 Å². The zero-order chi connectivity index (χ0) is 23.1. The topological polar surface area (TPSA) is 62.3 Å². The first-order chi connectivity index (χ1) is 15.4. The monoisotopic (exact) mass is 443 g/mol. The largest absolute Gasteiger partial charge is 0.496 e. The van der Waals surface area contributed by atoms with Crippen LogP contribution in [0.1, 0.15) is 42.1 Å². The molecule has 0 spiro atoms. The first kappa shape index (κ1) is 24.3. The highest BCUT2D eigenvalue weighted by molar-refractivity contribution is 6.09. The number of benzene rings is 1. The summed E-state index contributed by atoms with van der Waals surface area (Å²) >= 11 is 0. The van der Waals surface area contributed by atoms with Crippen molar-refractivity contribution in [2.45, 2.75) is 39.2 Å². The summed E-state index contributed by atoms with van der Waals surface area (Å²) in [6, 6.07) is 4.01. The molecule has 0 saturated carbocycles. The van der Waals surface area contributed by atoms with Gasteiger partial charge in [0.2, 0.25) is 5.91 Å². The maximum absolute atomic E-state index is 12.8. The molecule has 0 aliphatic carbocycles. The molecule has 32 heavy (non-hydrogen) atoms. The van der Waals surface area contributed by atoms with Gasteiger partial charge in [0.1, 0.15) is 11.5 Å². The summed E-state index contributed by atoms with van der Waals surface area (Å²) in [7, 11) is 3.72. The van der Waals surface area contributed by atoms with Crippen LogP contribution in [0.4, 0.5) is 0 Å². The van der Waals surface area contributed by atoms with Gasteiger partial charge < -0.3 is 19.3 Å². The first-order valence-corrected chi connectivity index (χ1v) is 11.7. The highest BCUT2D eigenvalue weighted by Crippen LogP contribution is 2.32. The van der Waals surface area contributed by atoms with E-state index >= 15 is 0 Å². The van der Waals surface area contributed by atoms with Gasteiger partial charge in [0, 0.05) is 43.9 Å². The fourth-order valence-corrected chi connectivity index (χ4v) is 4.67. The third-order valence-corrected chi connectivity index (χ3v) is 6.55. The lowest BCUT2D eigenvalue weighted by Crippen LogP contribution is -2.47. The van der Waals surface area contributed by atoms with Crippen LogP contribution in [0.2, 0.25) is 0 Å². The molecule has 1 aromatic rings. The van der Waals surface area contributed by atoms with Crippen molar-refractivity contribution in [1.82, 2.24) is 14.7 Å². The van der Waals surface area contributed by atoms with E-state index in [1.165, 1.54) is 25.7 Å². The first-order valence-electron chi connectivity index (χ1n) is 11.7. The van der Waals surface area contributed by atoms with Crippen LogP contribution in [0.25, 0.3) is 0 Å². The van der Waals surface area contributed by atoms with Crippen LogP contribution in [0.15, 0.2) is 24.3 Å². The molecule has 2 fully saturated rings. The van der Waals surface area contributed by atoms with E-state index in [4.69, 9.17) is 9.47 Å². The van der Waals surface area contributed by atoms with Crippen molar-refractivity contribution in [1.29, 1.82) is 0 Å². The fourth-order valence-electron chi connectivity index (χ4n) is 4.67. The van der Waals surface area contributed by atoms with Gasteiger partial charge in [-0.25, -0.2) is 0 Å². The summed E-state index contributed by atoms with van der Waals surface area (Å²) in [5, 5.41) is 0. The Morgan fingerprint density at radius 2 is 1.81 bits per heavy atom. The number of carbonyl (C=O) groups excluding carboxylic acids is 2. The summed E-state index contributed by atoms with van der Waals surface area (Å²) in [4.78, 5) is 32.3. The van der Waals surface area contributed by atoms with E-state index in [2.05, 4.69) is 16.8 Å². The molecule has 0 atom stereocenters. The zero-order valence-corrected chi connectivity index (χ0v) is 19.9. The predicted octanol–water partition coefficient (Wildman–Crippen LogP) is 2.77. The van der Waals surface area contributed by atoms with Crippen molar-refractivity contribution < 1.29 is 19.1 Å². The minimum Gasteiger partial charge on any atom is -0.496 e. The number of hydrogen-bond acceptors (Lipinski definition) is 6. The minimum atomic E-state index is -0.245. The number of nitrogens with zero attached hydrogens (tertiary/aromatic N) is 3. The Morgan fingerprint density at radius 3 is 2.50 bits per heavy atom. The number of ketones is 1. The maximum Gasteiger partial charge on any atom is 0.246 e. The number of piperidine rings is 1. The second-order valence-corrected chi connectivity index (χ2v) is 8.65. The van der Waals surface area contributed by atoms with Crippen LogP contribution in [-0.4, -0.2) is 92.5 Å². The van der Waals surface area contributed by atoms with Crippen molar-refractivity contribution in [3.05, 3.63) is 35.4 Å². The molecule has 0 unspecified atom stereocenters. The number of likely N-dealkylation sites (tertiary alicyclic amines) is 1. The molecule has 0 bridgehead atoms. The summed E-state index contributed by atoms with van der Waals surface area (Å²) < 4.78 is 11.0. The number of carbonyl (C=O) groups is 2. The van der Waals surface area contributed by atoms with E-state index < -0.39 is 0 Å². The molecule has 176 valence electrons. The molecular formula is C25H37N3O4. The maximum atomic E-state index is 12.8. The molecule has 1 amide bonds. The van der Waals surface area contributed by atoms with E-state index in [0.717, 1.165) is 57.7 Å². The molecule has 0 radical (unpaired) electrons. The lowest BCUT2D eigenvalue weighted by molar-refractivity contribution is -0.127. The van der Waals surface area contributed by atoms with Gasteiger partial charge in [-0.05, 0) is 71.5 Å². The standard InChI is InChI=1S/C25H37N3O4/c1-5-32-23-9-7-21(25(31-4)19(23)2)22(29)8-10-24(30)28-15-11-20(12-16-28)27-14-6-13-26(3)17-18-27/h7-10,20H,5-6,11-18H2,1-4H3. The molecular weight excluding hydrogens is 406 g/mol. The van der Waals surface area contributed by atoms with Crippen molar-refractivity contribution in [3.63, 3.8) is 0 Å². The Hall–Kier alpha value is -2.38. The quantitative estimate of drug-likeness (QED) is 0.477. The number of amides is 1. The minimum absolute atomic E-state index is 0.103. The average molecular weight is 444 g/mol. The molecule has 2 heterocycles. The Bertz CT molecular complexity index is 831. The van der Waals surface area contributed by atoms with Crippen LogP contribution in [0, 0.1) is 6.92 Å². The summed E-state index contributed by atoms with van der Waals surface area (Å²) in [6.45, 7) is 10.3. The molecule has 2 aliphatic rings. The lowest BCUT2D eigenvalue weighted by atomic mass is 10.0. The summed E-state index contributed by atoms with van der Waals surface area (Å²) in [5.41, 5.74) is 1.21. The fraction of sp³-hybridized carbons (Fsp3) is 0.600. The molecule has 7 nitrogen and oxygen atoms in total. The molecule has 0 N–H and O–H groups in total. The number of ether oxygens (including phenoxy) is 2. The molecule has 1 aromatic carbocycles. The SMILES string of the molecule is CCOc1ccc(C(=O)C=CC(=O)N2CCC(N3CCCN(C)CC3)CC2)c(OC)c1C. The number of methoxy groups -OCH3 is 1. The second-order valence-electron chi connectivity index (χ2n) is 8.65. The summed E-state index contributed by atoms with van der Waals surface area (Å²) in [5.74, 6) is 0.834. The third-order valence-electron chi connectivity index (χ3n) is 6.55. The Morgan fingerprint density at radius 1 is 1.06 bits per heavy atom. The van der Waals surface area contributed by atoms with E-state index in [1.807, 2.05) is 18.7 Å². The highest BCUT2D eigenvalue weighted by atomic mass is 16.5. The number of hydrogen-bond donors (Lipinski definition) is 0. The Balaban J connectivity index is 1.56. The van der Waals surface area contributed by atoms with E-state index in [9.17, 15) is 9.59 Å². The lowest BCUT2D eigenvalue weighted by Gasteiger charge is -2.37. The van der Waals surface area contributed by atoms with Crippen LogP contribution >= 0.6 is 0 Å². The van der Waals surface area contributed by atoms with Gasteiger partial charge in [0.05, 0.1) is 19.3 Å². The Kier molecular flexibility index (Phi) is 8.70. The van der Waals surface area contributed by atoms with Gasteiger partial charge in [-0.15, -0.1) is 0 Å². The molecule has 7 heteroatoms. The second kappa shape index (κ2) is 11.5. The van der Waals surface area contributed by atoms with Crippen LogP contribution in [0.5, 0.6) is 11.5 Å². The van der Waals surface area contributed by atoms with Crippen molar-refractivity contribution in [3.8, 4) is 11.5 Å². The molecule has 0 aromatic heterocycles. The van der Waals surface area contributed by atoms with Crippen LogP contribution in [-0.2, 0) is 4.79 Å². The molecule has 2 saturated heterocycles. The molecule has 2 aliphatic heterocycles. The van der Waals surface area contributed by atoms with E-state index in [1.54, 1.807) is 12.1 Å². The third kappa shape index (κ3) is 5.90. The highest BCUT2D eigenvalue weighted by Gasteiger charge is 2.27. The van der Waals surface area contributed by atoms with Gasteiger partial charge in [0.25, 0.3) is 0 Å². The van der Waals surface area contributed by atoms with Crippen molar-refractivity contribution >= 4 is 11.7 Å². The van der Waals surface area contributed by atoms with E-state index in [-0.39, 0.29) is 11.7 Å². The summed E-state index contributed by atoms with van der Waals surface area (Å²) in [6.07, 6.45) is 5.94. The van der Waals surface area contributed by atoms with Gasteiger partial charge in [0.15, 0.2) is 5.78 Å². The average Bonchev–Trinajstić information content (AvgIpc) is 3.03. The van der Waals surface area contributed by atoms with E-state index in [0.29, 0.717) is 29.7 Å². The van der Waals surface area contributed by atoms with Crippen molar-refractivity contribution in [2.24, 2.45) is 0 Å². The smallest absolute Gasteiger partial charge is 0.246 e. The number of likely N-dealkylation sites (N-methyl/N-ethyl adjacent to an activating group) is 1. The molecule has 3 rings (SSSR count). The van der Waals surface area contributed by atoms with Gasteiger partial charge in [-0.3, -0.25) is 14.5 Å². The van der Waals surface area contributed by atoms with Crippen LogP contribution in [0.3, 0.4) is 0 Å².